The minimum absolute atomic E-state index is 0.0467. The first-order chi connectivity index (χ1) is 7.46. The third kappa shape index (κ3) is 4.00. The van der Waals surface area contributed by atoms with Crippen molar-refractivity contribution in [1.82, 2.24) is 10.6 Å². The van der Waals surface area contributed by atoms with E-state index in [0.717, 1.165) is 32.2 Å². The molecular weight excluding hydrogens is 202 g/mol. The number of nitrogens with one attached hydrogen (secondary N) is 2. The van der Waals surface area contributed by atoms with Crippen LogP contribution in [0.3, 0.4) is 0 Å². The first-order valence-corrected chi connectivity index (χ1v) is 6.25. The fourth-order valence-electron chi connectivity index (χ4n) is 2.04. The normalized spacial score (nSPS) is 25.5. The Kier molecular flexibility index (Phi) is 4.59. The quantitative estimate of drug-likeness (QED) is 0.683. The highest BCUT2D eigenvalue weighted by atomic mass is 16.2. The van der Waals surface area contributed by atoms with Crippen LogP contribution in [0.5, 0.6) is 0 Å². The summed E-state index contributed by atoms with van der Waals surface area (Å²) in [5.74, 6) is 0.587. The molecule has 1 saturated carbocycles. The molecule has 1 rings (SSSR count). The Bertz CT molecular complexity index is 240. The maximum atomic E-state index is 11.7. The summed E-state index contributed by atoms with van der Waals surface area (Å²) >= 11 is 0. The van der Waals surface area contributed by atoms with Gasteiger partial charge < -0.3 is 16.4 Å². The van der Waals surface area contributed by atoms with Crippen molar-refractivity contribution in [2.75, 3.05) is 6.54 Å². The van der Waals surface area contributed by atoms with E-state index in [4.69, 9.17) is 5.73 Å². The van der Waals surface area contributed by atoms with Crippen molar-refractivity contribution in [3.8, 4) is 0 Å². The Labute approximate surface area is 98.3 Å². The second-order valence-corrected chi connectivity index (χ2v) is 5.45. The fourth-order valence-corrected chi connectivity index (χ4v) is 2.04. The van der Waals surface area contributed by atoms with Gasteiger partial charge in [-0.25, -0.2) is 4.79 Å². The van der Waals surface area contributed by atoms with Crippen LogP contribution in [-0.2, 0) is 0 Å². The number of carbonyl (C=O) groups excluding carboxylic acids is 1. The molecule has 0 spiro atoms. The number of hydrogen-bond donors (Lipinski definition) is 3. The van der Waals surface area contributed by atoms with E-state index in [9.17, 15) is 4.79 Å². The molecule has 1 fully saturated rings. The predicted molar refractivity (Wildman–Crippen MR) is 66.2 cm³/mol. The maximum Gasteiger partial charge on any atom is 0.315 e. The molecule has 2 atom stereocenters. The Balaban J connectivity index is 2.30. The summed E-state index contributed by atoms with van der Waals surface area (Å²) in [7, 11) is 0. The van der Waals surface area contributed by atoms with Gasteiger partial charge in [-0.05, 0) is 52.0 Å². The van der Waals surface area contributed by atoms with Crippen LogP contribution in [0.25, 0.3) is 0 Å². The van der Waals surface area contributed by atoms with Crippen molar-refractivity contribution in [1.29, 1.82) is 0 Å². The lowest BCUT2D eigenvalue weighted by molar-refractivity contribution is 0.225. The molecule has 0 aromatic rings. The number of carbonyl (C=O) groups is 1. The van der Waals surface area contributed by atoms with Gasteiger partial charge in [-0.3, -0.25) is 0 Å². The van der Waals surface area contributed by atoms with Crippen molar-refractivity contribution >= 4 is 6.03 Å². The molecule has 16 heavy (non-hydrogen) atoms. The second kappa shape index (κ2) is 5.53. The molecule has 4 heteroatoms. The smallest absolute Gasteiger partial charge is 0.315 e. The SMILES string of the molecule is CCC(C)(C)NC(=O)N[C@@H]1CC[C@H](CN)C1. The molecule has 4 N–H and O–H groups in total. The number of nitrogens with two attached hydrogens (primary N) is 1. The van der Waals surface area contributed by atoms with Gasteiger partial charge in [0.1, 0.15) is 0 Å². The lowest BCUT2D eigenvalue weighted by Crippen LogP contribution is -2.50. The molecule has 1 aliphatic rings. The Hall–Kier alpha value is -0.770. The van der Waals surface area contributed by atoms with Crippen molar-refractivity contribution in [2.45, 2.75) is 58.0 Å². The average molecular weight is 227 g/mol. The molecule has 0 aromatic heterocycles. The van der Waals surface area contributed by atoms with Crippen molar-refractivity contribution in [3.63, 3.8) is 0 Å². The lowest BCUT2D eigenvalue weighted by Gasteiger charge is -2.25. The molecule has 0 aromatic carbocycles. The summed E-state index contributed by atoms with van der Waals surface area (Å²) in [4.78, 5) is 11.7. The molecule has 0 unspecified atom stereocenters. The summed E-state index contributed by atoms with van der Waals surface area (Å²) in [6.45, 7) is 6.87. The van der Waals surface area contributed by atoms with E-state index in [1.54, 1.807) is 0 Å². The summed E-state index contributed by atoms with van der Waals surface area (Å²) in [5.41, 5.74) is 5.49. The van der Waals surface area contributed by atoms with Crippen molar-refractivity contribution in [2.24, 2.45) is 11.7 Å². The van der Waals surface area contributed by atoms with E-state index in [1.807, 2.05) is 13.8 Å². The van der Waals surface area contributed by atoms with Gasteiger partial charge >= 0.3 is 6.03 Å². The maximum absolute atomic E-state index is 11.7. The number of urea groups is 1. The summed E-state index contributed by atoms with van der Waals surface area (Å²) in [6, 6.07) is 0.260. The predicted octanol–water partition coefficient (Wildman–Crippen LogP) is 1.60. The van der Waals surface area contributed by atoms with Crippen LogP contribution < -0.4 is 16.4 Å². The van der Waals surface area contributed by atoms with E-state index in [0.29, 0.717) is 12.0 Å². The zero-order valence-electron chi connectivity index (χ0n) is 10.7. The molecule has 0 aliphatic heterocycles. The van der Waals surface area contributed by atoms with Crippen LogP contribution in [0, 0.1) is 5.92 Å². The zero-order chi connectivity index (χ0) is 12.2. The summed E-state index contributed by atoms with van der Waals surface area (Å²) in [6.07, 6.45) is 4.15. The Morgan fingerprint density at radius 3 is 2.62 bits per heavy atom. The highest BCUT2D eigenvalue weighted by molar-refractivity contribution is 5.75. The molecule has 2 amide bonds. The van der Waals surface area contributed by atoms with Crippen LogP contribution in [0.4, 0.5) is 4.79 Å². The summed E-state index contributed by atoms with van der Waals surface area (Å²) in [5, 5.41) is 6.01. The van der Waals surface area contributed by atoms with Crippen LogP contribution >= 0.6 is 0 Å². The van der Waals surface area contributed by atoms with Crippen LogP contribution in [0.1, 0.15) is 46.5 Å². The van der Waals surface area contributed by atoms with Gasteiger partial charge in [-0.1, -0.05) is 6.92 Å². The standard InChI is InChI=1S/C12H25N3O/c1-4-12(2,3)15-11(16)14-10-6-5-9(7-10)8-13/h9-10H,4-8,13H2,1-3H3,(H2,14,15,16)/t9-,10+/m0/s1. The largest absolute Gasteiger partial charge is 0.335 e. The highest BCUT2D eigenvalue weighted by Crippen LogP contribution is 2.24. The highest BCUT2D eigenvalue weighted by Gasteiger charge is 2.26. The number of rotatable bonds is 4. The van der Waals surface area contributed by atoms with Gasteiger partial charge in [0.15, 0.2) is 0 Å². The second-order valence-electron chi connectivity index (χ2n) is 5.45. The van der Waals surface area contributed by atoms with Gasteiger partial charge in [0.25, 0.3) is 0 Å². The Morgan fingerprint density at radius 2 is 2.12 bits per heavy atom. The molecule has 0 heterocycles. The van der Waals surface area contributed by atoms with E-state index in [-0.39, 0.29) is 11.6 Å². The van der Waals surface area contributed by atoms with E-state index in [2.05, 4.69) is 17.6 Å². The molecule has 4 nitrogen and oxygen atoms in total. The number of hydrogen-bond acceptors (Lipinski definition) is 2. The van der Waals surface area contributed by atoms with Crippen LogP contribution in [-0.4, -0.2) is 24.2 Å². The summed E-state index contributed by atoms with van der Waals surface area (Å²) < 4.78 is 0. The third-order valence-electron chi connectivity index (χ3n) is 3.55. The molecule has 0 radical (unpaired) electrons. The van der Waals surface area contributed by atoms with E-state index < -0.39 is 0 Å². The van der Waals surface area contributed by atoms with Crippen LogP contribution in [0.2, 0.25) is 0 Å². The number of amides is 2. The van der Waals surface area contributed by atoms with E-state index in [1.165, 1.54) is 0 Å². The molecule has 94 valence electrons. The van der Waals surface area contributed by atoms with Crippen molar-refractivity contribution in [3.05, 3.63) is 0 Å². The first kappa shape index (κ1) is 13.3. The third-order valence-corrected chi connectivity index (χ3v) is 3.55. The minimum Gasteiger partial charge on any atom is -0.335 e. The monoisotopic (exact) mass is 227 g/mol. The topological polar surface area (TPSA) is 67.2 Å². The molecular formula is C12H25N3O. The lowest BCUT2D eigenvalue weighted by atomic mass is 10.0. The zero-order valence-corrected chi connectivity index (χ0v) is 10.7. The van der Waals surface area contributed by atoms with Gasteiger partial charge in [0, 0.05) is 11.6 Å². The molecule has 0 bridgehead atoms. The van der Waals surface area contributed by atoms with E-state index >= 15 is 0 Å². The first-order valence-electron chi connectivity index (χ1n) is 6.25. The fraction of sp³-hybridized carbons (Fsp3) is 0.917. The molecule has 1 aliphatic carbocycles. The minimum atomic E-state index is -0.129. The van der Waals surface area contributed by atoms with Crippen molar-refractivity contribution < 1.29 is 4.79 Å². The van der Waals surface area contributed by atoms with Crippen LogP contribution in [0.15, 0.2) is 0 Å². The molecule has 0 saturated heterocycles. The van der Waals surface area contributed by atoms with Gasteiger partial charge in [0.2, 0.25) is 0 Å². The van der Waals surface area contributed by atoms with Gasteiger partial charge in [0.05, 0.1) is 0 Å². The Morgan fingerprint density at radius 1 is 1.44 bits per heavy atom. The average Bonchev–Trinajstić information content (AvgIpc) is 2.64. The van der Waals surface area contributed by atoms with Gasteiger partial charge in [-0.2, -0.15) is 0 Å². The van der Waals surface area contributed by atoms with Gasteiger partial charge in [-0.15, -0.1) is 0 Å².